The van der Waals surface area contributed by atoms with E-state index in [1.807, 2.05) is 0 Å². The van der Waals surface area contributed by atoms with Gasteiger partial charge >= 0.3 is 0 Å². The first-order chi connectivity index (χ1) is 7.07. The Balaban J connectivity index is 2.34. The van der Waals surface area contributed by atoms with E-state index in [4.69, 9.17) is 14.6 Å². The molecule has 0 aromatic heterocycles. The molecule has 2 rings (SSSR count). The van der Waals surface area contributed by atoms with E-state index < -0.39 is 16.3 Å². The number of rotatable bonds is 2. The first-order valence-electron chi connectivity index (χ1n) is 4.43. The van der Waals surface area contributed by atoms with Gasteiger partial charge < -0.3 is 9.47 Å². The molecule has 1 aromatic rings. The van der Waals surface area contributed by atoms with Crippen molar-refractivity contribution in [1.82, 2.24) is 0 Å². The van der Waals surface area contributed by atoms with Crippen LogP contribution in [0.15, 0.2) is 29.2 Å². The molecule has 1 aliphatic heterocycles. The summed E-state index contributed by atoms with van der Waals surface area (Å²) in [7, 11) is -3.67. The van der Waals surface area contributed by atoms with E-state index in [1.165, 1.54) is 12.1 Å². The normalized spacial score (nSPS) is 18.2. The van der Waals surface area contributed by atoms with Gasteiger partial charge in [-0.3, -0.25) is 0 Å². The SMILES string of the molecule is NS(=O)(=O)c1cccc(C2OCCO2)c1. The number of ether oxygens (including phenoxy) is 2. The number of nitrogens with two attached hydrogens (primary N) is 1. The van der Waals surface area contributed by atoms with Crippen LogP contribution in [0, 0.1) is 0 Å². The average Bonchev–Trinajstić information content (AvgIpc) is 2.69. The Morgan fingerprint density at radius 1 is 1.27 bits per heavy atom. The van der Waals surface area contributed by atoms with E-state index in [-0.39, 0.29) is 4.90 Å². The Morgan fingerprint density at radius 2 is 1.93 bits per heavy atom. The van der Waals surface area contributed by atoms with Gasteiger partial charge in [-0.2, -0.15) is 0 Å². The predicted octanol–water partition coefficient (Wildman–Crippen LogP) is 0.379. The highest BCUT2D eigenvalue weighted by Gasteiger charge is 2.19. The van der Waals surface area contributed by atoms with Gasteiger partial charge in [-0.15, -0.1) is 0 Å². The fraction of sp³-hybridized carbons (Fsp3) is 0.333. The molecule has 1 aliphatic rings. The fourth-order valence-electron chi connectivity index (χ4n) is 1.39. The summed E-state index contributed by atoms with van der Waals surface area (Å²) in [5.74, 6) is 0. The van der Waals surface area contributed by atoms with Crippen LogP contribution in [0.3, 0.4) is 0 Å². The highest BCUT2D eigenvalue weighted by Crippen LogP contribution is 2.24. The van der Waals surface area contributed by atoms with Crippen molar-refractivity contribution < 1.29 is 17.9 Å². The van der Waals surface area contributed by atoms with Crippen LogP contribution in [-0.4, -0.2) is 21.6 Å². The van der Waals surface area contributed by atoms with Gasteiger partial charge in [0.1, 0.15) is 0 Å². The fourth-order valence-corrected chi connectivity index (χ4v) is 1.96. The maximum absolute atomic E-state index is 11.1. The van der Waals surface area contributed by atoms with Crippen LogP contribution in [0.1, 0.15) is 11.9 Å². The maximum atomic E-state index is 11.1. The van der Waals surface area contributed by atoms with E-state index in [1.54, 1.807) is 12.1 Å². The first kappa shape index (κ1) is 10.6. The molecule has 0 amide bonds. The topological polar surface area (TPSA) is 78.6 Å². The summed E-state index contributed by atoms with van der Waals surface area (Å²) >= 11 is 0. The molecule has 1 heterocycles. The minimum Gasteiger partial charge on any atom is -0.346 e. The molecule has 1 fully saturated rings. The summed E-state index contributed by atoms with van der Waals surface area (Å²) in [4.78, 5) is 0.0686. The third kappa shape index (κ3) is 2.35. The van der Waals surface area contributed by atoms with E-state index >= 15 is 0 Å². The molecule has 0 aliphatic carbocycles. The molecule has 0 atom stereocenters. The van der Waals surface area contributed by atoms with Crippen molar-refractivity contribution in [3.8, 4) is 0 Å². The van der Waals surface area contributed by atoms with Gasteiger partial charge in [0.2, 0.25) is 10.0 Å². The number of benzene rings is 1. The number of sulfonamides is 1. The average molecular weight is 229 g/mol. The summed E-state index contributed by atoms with van der Waals surface area (Å²) in [5.41, 5.74) is 0.666. The van der Waals surface area contributed by atoms with Crippen molar-refractivity contribution >= 4 is 10.0 Å². The van der Waals surface area contributed by atoms with Gasteiger partial charge in [0.15, 0.2) is 6.29 Å². The molecule has 0 bridgehead atoms. The molecule has 15 heavy (non-hydrogen) atoms. The zero-order valence-corrected chi connectivity index (χ0v) is 8.74. The Kier molecular flexibility index (Phi) is 2.74. The molecule has 1 saturated heterocycles. The molecule has 2 N–H and O–H groups in total. The third-order valence-corrected chi connectivity index (χ3v) is 2.99. The Labute approximate surface area is 87.8 Å². The Bertz CT molecular complexity index is 451. The Morgan fingerprint density at radius 3 is 2.53 bits per heavy atom. The summed E-state index contributed by atoms with van der Waals surface area (Å²) in [6.45, 7) is 1.04. The number of hydrogen-bond donors (Lipinski definition) is 1. The highest BCUT2D eigenvalue weighted by atomic mass is 32.2. The molecule has 1 aromatic carbocycles. The molecule has 0 unspecified atom stereocenters. The van der Waals surface area contributed by atoms with Crippen LogP contribution in [0.25, 0.3) is 0 Å². The third-order valence-electron chi connectivity index (χ3n) is 2.08. The van der Waals surface area contributed by atoms with E-state index in [9.17, 15) is 8.42 Å². The summed E-state index contributed by atoms with van der Waals surface area (Å²) in [6.07, 6.45) is -0.480. The maximum Gasteiger partial charge on any atom is 0.238 e. The van der Waals surface area contributed by atoms with Gasteiger partial charge in [0.25, 0.3) is 0 Å². The predicted molar refractivity (Wildman–Crippen MR) is 52.5 cm³/mol. The largest absolute Gasteiger partial charge is 0.346 e. The number of primary sulfonamides is 1. The molecular formula is C9H11NO4S. The minimum absolute atomic E-state index is 0.0686. The van der Waals surface area contributed by atoms with Crippen molar-refractivity contribution in [2.24, 2.45) is 5.14 Å². The van der Waals surface area contributed by atoms with Crippen molar-refractivity contribution in [2.75, 3.05) is 13.2 Å². The van der Waals surface area contributed by atoms with E-state index in [2.05, 4.69) is 0 Å². The van der Waals surface area contributed by atoms with Crippen LogP contribution in [0.2, 0.25) is 0 Å². The van der Waals surface area contributed by atoms with Crippen molar-refractivity contribution in [3.63, 3.8) is 0 Å². The van der Waals surface area contributed by atoms with E-state index in [0.717, 1.165) is 0 Å². The van der Waals surface area contributed by atoms with Crippen molar-refractivity contribution in [3.05, 3.63) is 29.8 Å². The van der Waals surface area contributed by atoms with Gasteiger partial charge in [0.05, 0.1) is 18.1 Å². The first-order valence-corrected chi connectivity index (χ1v) is 5.98. The second-order valence-corrected chi connectivity index (χ2v) is 4.75. The molecule has 5 nitrogen and oxygen atoms in total. The van der Waals surface area contributed by atoms with Crippen LogP contribution in [0.4, 0.5) is 0 Å². The zero-order valence-electron chi connectivity index (χ0n) is 7.92. The van der Waals surface area contributed by atoms with Crippen molar-refractivity contribution in [1.29, 1.82) is 0 Å². The second-order valence-electron chi connectivity index (χ2n) is 3.19. The van der Waals surface area contributed by atoms with Crippen LogP contribution < -0.4 is 5.14 Å². The molecular weight excluding hydrogens is 218 g/mol. The standard InChI is InChI=1S/C9H11NO4S/c10-15(11,12)8-3-1-2-7(6-8)9-13-4-5-14-9/h1-3,6,9H,4-5H2,(H2,10,11,12). The highest BCUT2D eigenvalue weighted by molar-refractivity contribution is 7.89. The van der Waals surface area contributed by atoms with Gasteiger partial charge in [-0.25, -0.2) is 13.6 Å². The lowest BCUT2D eigenvalue weighted by atomic mass is 10.2. The van der Waals surface area contributed by atoms with E-state index in [0.29, 0.717) is 18.8 Å². The van der Waals surface area contributed by atoms with Crippen LogP contribution in [-0.2, 0) is 19.5 Å². The van der Waals surface area contributed by atoms with Crippen LogP contribution >= 0.6 is 0 Å². The smallest absolute Gasteiger partial charge is 0.238 e. The molecule has 0 saturated carbocycles. The van der Waals surface area contributed by atoms with Crippen molar-refractivity contribution in [2.45, 2.75) is 11.2 Å². The lowest BCUT2D eigenvalue weighted by Crippen LogP contribution is -2.12. The zero-order chi connectivity index (χ0) is 10.9. The minimum atomic E-state index is -3.67. The lowest BCUT2D eigenvalue weighted by Gasteiger charge is -2.09. The monoisotopic (exact) mass is 229 g/mol. The van der Waals surface area contributed by atoms with Gasteiger partial charge in [0, 0.05) is 5.56 Å². The lowest BCUT2D eigenvalue weighted by molar-refractivity contribution is -0.0442. The summed E-state index contributed by atoms with van der Waals surface area (Å²) in [5, 5.41) is 5.01. The number of hydrogen-bond acceptors (Lipinski definition) is 4. The molecule has 6 heteroatoms. The molecule has 0 spiro atoms. The van der Waals surface area contributed by atoms with Crippen LogP contribution in [0.5, 0.6) is 0 Å². The quantitative estimate of drug-likeness (QED) is 0.795. The molecule has 0 radical (unpaired) electrons. The Hall–Kier alpha value is -0.950. The van der Waals surface area contributed by atoms with Gasteiger partial charge in [-0.05, 0) is 12.1 Å². The second kappa shape index (κ2) is 3.90. The summed E-state index contributed by atoms with van der Waals surface area (Å²) in [6, 6.07) is 6.25. The van der Waals surface area contributed by atoms with Gasteiger partial charge in [-0.1, -0.05) is 12.1 Å². The molecule has 82 valence electrons. The summed E-state index contributed by atoms with van der Waals surface area (Å²) < 4.78 is 32.7.